The van der Waals surface area contributed by atoms with Crippen LogP contribution in [-0.2, 0) is 17.9 Å². The number of hydrogen-bond acceptors (Lipinski definition) is 5. The van der Waals surface area contributed by atoms with Gasteiger partial charge in [0.05, 0.1) is 25.9 Å². The van der Waals surface area contributed by atoms with Gasteiger partial charge in [-0.25, -0.2) is 4.79 Å². The lowest BCUT2D eigenvalue weighted by Crippen LogP contribution is -2.28. The first-order valence-corrected chi connectivity index (χ1v) is 7.65. The smallest absolute Gasteiger partial charge is 0.389 e. The number of ether oxygens (including phenoxy) is 1. The first kappa shape index (κ1) is 16.2. The van der Waals surface area contributed by atoms with E-state index in [1.54, 1.807) is 12.1 Å². The second-order valence-electron chi connectivity index (χ2n) is 5.38. The number of nitrogens with zero attached hydrogens (tertiary/aromatic N) is 2. The van der Waals surface area contributed by atoms with E-state index in [4.69, 9.17) is 9.15 Å². The molecule has 1 N–H and O–H groups in total. The third-order valence-electron chi connectivity index (χ3n) is 3.43. The number of aliphatic hydroxyl groups is 1. The van der Waals surface area contributed by atoms with Crippen LogP contribution in [0.25, 0.3) is 11.5 Å². The summed E-state index contributed by atoms with van der Waals surface area (Å²) in [6.45, 7) is 0.527. The fraction of sp³-hybridized carbons (Fsp3) is 0.222. The summed E-state index contributed by atoms with van der Waals surface area (Å²) in [5.74, 6) is -0.367. The lowest BCUT2D eigenvalue weighted by molar-refractivity contribution is 0.0178. The van der Waals surface area contributed by atoms with Gasteiger partial charge in [0.25, 0.3) is 0 Å². The molecule has 0 spiro atoms. The van der Waals surface area contributed by atoms with Gasteiger partial charge in [0.2, 0.25) is 5.89 Å². The molecule has 0 radical (unpaired) electrons. The molecule has 0 aliphatic heterocycles. The average molecular weight is 326 g/mol. The zero-order valence-electron chi connectivity index (χ0n) is 13.0. The third-order valence-corrected chi connectivity index (χ3v) is 3.43. The Morgan fingerprint density at radius 2 is 1.75 bits per heavy atom. The summed E-state index contributed by atoms with van der Waals surface area (Å²) in [6, 6.07) is 18.8. The van der Waals surface area contributed by atoms with Crippen LogP contribution in [0.5, 0.6) is 0 Å². The summed E-state index contributed by atoms with van der Waals surface area (Å²) >= 11 is 0. The van der Waals surface area contributed by atoms with Crippen molar-refractivity contribution in [3.8, 4) is 11.5 Å². The summed E-state index contributed by atoms with van der Waals surface area (Å²) < 4.78 is 11.7. The number of rotatable bonds is 7. The standard InChI is InChI=1S/C18H18N2O4/c21-16(13-23-12-14-7-3-1-4-8-14)11-20-18(22)24-17(19-20)15-9-5-2-6-10-15/h1-10,16,21H,11-13H2/t16-/m1/s1. The molecule has 0 aliphatic carbocycles. The molecular formula is C18H18N2O4. The summed E-state index contributed by atoms with van der Waals surface area (Å²) in [6.07, 6.45) is -0.847. The number of hydrogen-bond donors (Lipinski definition) is 1. The maximum atomic E-state index is 11.8. The maximum Gasteiger partial charge on any atom is 0.437 e. The molecule has 0 unspecified atom stereocenters. The van der Waals surface area contributed by atoms with Gasteiger partial charge in [-0.2, -0.15) is 4.68 Å². The van der Waals surface area contributed by atoms with Gasteiger partial charge in [-0.1, -0.05) is 48.5 Å². The molecule has 0 aliphatic rings. The minimum atomic E-state index is -0.847. The van der Waals surface area contributed by atoms with E-state index in [-0.39, 0.29) is 19.0 Å². The minimum Gasteiger partial charge on any atom is -0.389 e. The maximum absolute atomic E-state index is 11.8. The Labute approximate surface area is 138 Å². The minimum absolute atomic E-state index is 0.0178. The SMILES string of the molecule is O=c1oc(-c2ccccc2)nn1C[C@@H](O)COCc1ccccc1. The van der Waals surface area contributed by atoms with Gasteiger partial charge in [0.1, 0.15) is 0 Å². The highest BCUT2D eigenvalue weighted by Gasteiger charge is 2.13. The van der Waals surface area contributed by atoms with Gasteiger partial charge < -0.3 is 14.3 Å². The van der Waals surface area contributed by atoms with Crippen LogP contribution in [-0.4, -0.2) is 27.6 Å². The summed E-state index contributed by atoms with van der Waals surface area (Å²) in [4.78, 5) is 11.8. The Balaban J connectivity index is 1.56. The van der Waals surface area contributed by atoms with Gasteiger partial charge >= 0.3 is 5.76 Å². The van der Waals surface area contributed by atoms with Crippen molar-refractivity contribution in [2.24, 2.45) is 0 Å². The topological polar surface area (TPSA) is 77.5 Å². The average Bonchev–Trinajstić information content (AvgIpc) is 2.97. The molecule has 6 heteroatoms. The van der Waals surface area contributed by atoms with Crippen molar-refractivity contribution in [2.45, 2.75) is 19.3 Å². The molecule has 2 aromatic carbocycles. The Bertz CT molecular complexity index is 812. The summed E-state index contributed by atoms with van der Waals surface area (Å²) in [5, 5.41) is 14.1. The Kier molecular flexibility index (Phi) is 5.20. The van der Waals surface area contributed by atoms with Crippen molar-refractivity contribution in [1.29, 1.82) is 0 Å². The van der Waals surface area contributed by atoms with E-state index in [1.807, 2.05) is 48.5 Å². The van der Waals surface area contributed by atoms with E-state index < -0.39 is 11.9 Å². The first-order valence-electron chi connectivity index (χ1n) is 7.65. The molecule has 0 fully saturated rings. The zero-order valence-corrected chi connectivity index (χ0v) is 13.0. The number of benzene rings is 2. The molecule has 6 nitrogen and oxygen atoms in total. The highest BCUT2D eigenvalue weighted by atomic mass is 16.5. The molecule has 24 heavy (non-hydrogen) atoms. The molecule has 3 rings (SSSR count). The van der Waals surface area contributed by atoms with E-state index in [1.165, 1.54) is 0 Å². The second-order valence-corrected chi connectivity index (χ2v) is 5.38. The van der Waals surface area contributed by atoms with Gasteiger partial charge in [-0.15, -0.1) is 5.10 Å². The Hall–Kier alpha value is -2.70. The molecule has 3 aromatic rings. The molecule has 0 bridgehead atoms. The van der Waals surface area contributed by atoms with Crippen molar-refractivity contribution >= 4 is 0 Å². The van der Waals surface area contributed by atoms with E-state index in [0.717, 1.165) is 10.2 Å². The van der Waals surface area contributed by atoms with Crippen LogP contribution in [0.15, 0.2) is 69.9 Å². The fourth-order valence-corrected chi connectivity index (χ4v) is 2.26. The lowest BCUT2D eigenvalue weighted by atomic mass is 10.2. The largest absolute Gasteiger partial charge is 0.437 e. The van der Waals surface area contributed by atoms with Crippen LogP contribution >= 0.6 is 0 Å². The van der Waals surface area contributed by atoms with Crippen LogP contribution in [0.2, 0.25) is 0 Å². The van der Waals surface area contributed by atoms with Crippen LogP contribution in [0.4, 0.5) is 0 Å². The van der Waals surface area contributed by atoms with Crippen LogP contribution in [0, 0.1) is 0 Å². The third kappa shape index (κ3) is 4.18. The van der Waals surface area contributed by atoms with Crippen molar-refractivity contribution < 1.29 is 14.3 Å². The number of aliphatic hydroxyl groups excluding tert-OH is 1. The van der Waals surface area contributed by atoms with E-state index in [0.29, 0.717) is 12.2 Å². The van der Waals surface area contributed by atoms with Gasteiger partial charge in [0, 0.05) is 5.56 Å². The van der Waals surface area contributed by atoms with Gasteiger partial charge in [-0.3, -0.25) is 0 Å². The molecule has 0 saturated carbocycles. The first-order chi connectivity index (χ1) is 11.7. The predicted octanol–water partition coefficient (Wildman–Crippen LogP) is 2.08. The lowest BCUT2D eigenvalue weighted by Gasteiger charge is -2.10. The highest BCUT2D eigenvalue weighted by Crippen LogP contribution is 2.14. The quantitative estimate of drug-likeness (QED) is 0.719. The fourth-order valence-electron chi connectivity index (χ4n) is 2.26. The highest BCUT2D eigenvalue weighted by molar-refractivity contribution is 5.51. The summed E-state index contributed by atoms with van der Waals surface area (Å²) in [7, 11) is 0. The normalized spacial score (nSPS) is 12.2. The molecular weight excluding hydrogens is 308 g/mol. The van der Waals surface area contributed by atoms with Crippen molar-refractivity contribution in [3.05, 3.63) is 76.8 Å². The molecule has 1 aromatic heterocycles. The molecule has 1 atom stereocenters. The van der Waals surface area contributed by atoms with E-state index >= 15 is 0 Å². The van der Waals surface area contributed by atoms with Gasteiger partial charge in [-0.05, 0) is 17.7 Å². The monoisotopic (exact) mass is 326 g/mol. The van der Waals surface area contributed by atoms with Crippen molar-refractivity contribution in [1.82, 2.24) is 9.78 Å². The summed E-state index contributed by atoms with van der Waals surface area (Å²) in [5.41, 5.74) is 1.73. The predicted molar refractivity (Wildman–Crippen MR) is 88.3 cm³/mol. The zero-order chi connectivity index (χ0) is 16.8. The molecule has 124 valence electrons. The number of aromatic nitrogens is 2. The van der Waals surface area contributed by atoms with Gasteiger partial charge in [0.15, 0.2) is 0 Å². The Morgan fingerprint density at radius 1 is 1.08 bits per heavy atom. The second kappa shape index (κ2) is 7.72. The van der Waals surface area contributed by atoms with E-state index in [9.17, 15) is 9.90 Å². The van der Waals surface area contributed by atoms with Crippen LogP contribution < -0.4 is 5.76 Å². The molecule has 0 saturated heterocycles. The van der Waals surface area contributed by atoms with Crippen LogP contribution in [0.1, 0.15) is 5.56 Å². The van der Waals surface area contributed by atoms with Crippen LogP contribution in [0.3, 0.4) is 0 Å². The molecule has 1 heterocycles. The van der Waals surface area contributed by atoms with Crippen molar-refractivity contribution in [3.63, 3.8) is 0 Å². The Morgan fingerprint density at radius 3 is 2.46 bits per heavy atom. The van der Waals surface area contributed by atoms with Crippen molar-refractivity contribution in [2.75, 3.05) is 6.61 Å². The van der Waals surface area contributed by atoms with E-state index in [2.05, 4.69) is 5.10 Å². The molecule has 0 amide bonds.